The van der Waals surface area contributed by atoms with Gasteiger partial charge in [0.15, 0.2) is 5.82 Å². The number of halogens is 1. The van der Waals surface area contributed by atoms with Crippen molar-refractivity contribution in [2.24, 2.45) is 0 Å². The Morgan fingerprint density at radius 3 is 2.80 bits per heavy atom. The second-order valence-electron chi connectivity index (χ2n) is 7.30. The lowest BCUT2D eigenvalue weighted by Gasteiger charge is -2.12. The normalized spacial score (nSPS) is 13.4. The maximum absolute atomic E-state index is 12.8. The minimum Gasteiger partial charge on any atom is -0.322 e. The van der Waals surface area contributed by atoms with Crippen molar-refractivity contribution in [1.29, 1.82) is 0 Å². The lowest BCUT2D eigenvalue weighted by Crippen LogP contribution is -2.15. The van der Waals surface area contributed by atoms with Crippen molar-refractivity contribution in [3.05, 3.63) is 68.5 Å². The number of rotatable bonds is 4. The molecule has 3 aromatic rings. The predicted molar refractivity (Wildman–Crippen MR) is 114 cm³/mol. The van der Waals surface area contributed by atoms with Gasteiger partial charge in [-0.2, -0.15) is 0 Å². The monoisotopic (exact) mass is 425 g/mol. The molecular weight excluding hydrogens is 406 g/mol. The highest BCUT2D eigenvalue weighted by Crippen LogP contribution is 2.29. The molecule has 0 aliphatic carbocycles. The van der Waals surface area contributed by atoms with Crippen LogP contribution in [0.1, 0.15) is 41.0 Å². The summed E-state index contributed by atoms with van der Waals surface area (Å²) in [6.45, 7) is 2.73. The highest BCUT2D eigenvalue weighted by Gasteiger charge is 2.22. The Morgan fingerprint density at radius 1 is 1.17 bits per heavy atom. The van der Waals surface area contributed by atoms with Gasteiger partial charge < -0.3 is 9.88 Å². The Morgan fingerprint density at radius 2 is 2.00 bits per heavy atom. The summed E-state index contributed by atoms with van der Waals surface area (Å²) in [5.41, 5.74) is 1.84. The van der Waals surface area contributed by atoms with E-state index in [1.165, 1.54) is 18.2 Å². The summed E-state index contributed by atoms with van der Waals surface area (Å²) < 4.78 is 2.13. The molecule has 9 heteroatoms. The highest BCUT2D eigenvalue weighted by atomic mass is 35.5. The molecule has 8 nitrogen and oxygen atoms in total. The van der Waals surface area contributed by atoms with E-state index in [0.29, 0.717) is 5.69 Å². The molecule has 30 heavy (non-hydrogen) atoms. The number of nitro groups is 1. The average molecular weight is 426 g/mol. The molecule has 0 spiro atoms. The summed E-state index contributed by atoms with van der Waals surface area (Å²) in [5.74, 6) is 1.17. The van der Waals surface area contributed by atoms with Gasteiger partial charge >= 0.3 is 0 Å². The van der Waals surface area contributed by atoms with Crippen LogP contribution >= 0.6 is 11.6 Å². The van der Waals surface area contributed by atoms with Crippen LogP contribution < -0.4 is 5.32 Å². The zero-order chi connectivity index (χ0) is 21.3. The Bertz CT molecular complexity index is 1140. The maximum atomic E-state index is 12.8. The summed E-state index contributed by atoms with van der Waals surface area (Å²) >= 11 is 5.85. The van der Waals surface area contributed by atoms with Crippen molar-refractivity contribution in [2.75, 3.05) is 5.32 Å². The summed E-state index contributed by atoms with van der Waals surface area (Å²) in [6.07, 6.45) is 4.25. The average Bonchev–Trinajstić information content (AvgIpc) is 2.97. The standard InChI is InChI=1S/C21H20ClN5O3/c1-13-6-7-14(20-25-24-19-5-3-2-4-10-26(19)20)11-17(13)23-21(28)16-9-8-15(22)12-18(16)27(29)30/h6-9,11-12H,2-5,10H2,1H3,(H,23,28). The van der Waals surface area contributed by atoms with Crippen LogP contribution in [0.5, 0.6) is 0 Å². The van der Waals surface area contributed by atoms with Crippen LogP contribution in [-0.4, -0.2) is 25.6 Å². The van der Waals surface area contributed by atoms with E-state index in [-0.39, 0.29) is 16.3 Å². The Balaban J connectivity index is 1.66. The molecule has 4 rings (SSSR count). The molecule has 1 aliphatic rings. The fraction of sp³-hybridized carbons (Fsp3) is 0.286. The molecule has 1 aromatic heterocycles. The first kappa shape index (κ1) is 20.0. The van der Waals surface area contributed by atoms with E-state index in [1.54, 1.807) is 0 Å². The fourth-order valence-electron chi connectivity index (χ4n) is 3.63. The van der Waals surface area contributed by atoms with Gasteiger partial charge in [0.05, 0.1) is 4.92 Å². The number of nitrogens with one attached hydrogen (secondary N) is 1. The predicted octanol–water partition coefficient (Wildman–Crippen LogP) is 4.79. The molecule has 0 bridgehead atoms. The summed E-state index contributed by atoms with van der Waals surface area (Å²) in [6, 6.07) is 9.64. The lowest BCUT2D eigenvalue weighted by atomic mass is 10.1. The SMILES string of the molecule is Cc1ccc(-c2nnc3n2CCCCC3)cc1NC(=O)c1ccc(Cl)cc1[N+](=O)[O-]. The van der Waals surface area contributed by atoms with Gasteiger partial charge in [-0.15, -0.1) is 10.2 Å². The molecule has 0 saturated heterocycles. The van der Waals surface area contributed by atoms with Gasteiger partial charge in [-0.25, -0.2) is 0 Å². The molecule has 2 heterocycles. The molecule has 1 aliphatic heterocycles. The number of aromatic nitrogens is 3. The van der Waals surface area contributed by atoms with Crippen molar-refractivity contribution in [3.63, 3.8) is 0 Å². The molecule has 0 atom stereocenters. The summed E-state index contributed by atoms with van der Waals surface area (Å²) in [5, 5.41) is 23.0. The number of fused-ring (bicyclic) bond motifs is 1. The van der Waals surface area contributed by atoms with E-state index < -0.39 is 10.8 Å². The van der Waals surface area contributed by atoms with E-state index in [9.17, 15) is 14.9 Å². The number of carbonyl (C=O) groups is 1. The number of carbonyl (C=O) groups excluding carboxylic acids is 1. The fourth-order valence-corrected chi connectivity index (χ4v) is 3.80. The molecular formula is C21H20ClN5O3. The smallest absolute Gasteiger partial charge is 0.283 e. The number of amides is 1. The topological polar surface area (TPSA) is 103 Å². The molecule has 154 valence electrons. The van der Waals surface area contributed by atoms with Gasteiger partial charge in [0.25, 0.3) is 11.6 Å². The van der Waals surface area contributed by atoms with E-state index in [0.717, 1.165) is 55.0 Å². The van der Waals surface area contributed by atoms with Crippen molar-refractivity contribution >= 4 is 28.9 Å². The summed E-state index contributed by atoms with van der Waals surface area (Å²) in [4.78, 5) is 23.5. The van der Waals surface area contributed by atoms with Crippen molar-refractivity contribution < 1.29 is 9.72 Å². The minimum atomic E-state index is -0.616. The first-order chi connectivity index (χ1) is 14.4. The minimum absolute atomic E-state index is 0.0504. The van der Waals surface area contributed by atoms with Crippen LogP contribution in [0.2, 0.25) is 5.02 Å². The zero-order valence-corrected chi connectivity index (χ0v) is 17.1. The van der Waals surface area contributed by atoms with Gasteiger partial charge in [0.2, 0.25) is 0 Å². The molecule has 0 fully saturated rings. The van der Waals surface area contributed by atoms with Gasteiger partial charge in [-0.05, 0) is 43.5 Å². The van der Waals surface area contributed by atoms with E-state index >= 15 is 0 Å². The molecule has 2 aromatic carbocycles. The van der Waals surface area contributed by atoms with Crippen molar-refractivity contribution in [1.82, 2.24) is 14.8 Å². The van der Waals surface area contributed by atoms with Crippen LogP contribution in [-0.2, 0) is 13.0 Å². The van der Waals surface area contributed by atoms with Crippen molar-refractivity contribution in [3.8, 4) is 11.4 Å². The van der Waals surface area contributed by atoms with Gasteiger partial charge in [-0.3, -0.25) is 14.9 Å². The first-order valence-electron chi connectivity index (χ1n) is 9.72. The van der Waals surface area contributed by atoms with Gasteiger partial charge in [0, 0.05) is 35.3 Å². The van der Waals surface area contributed by atoms with E-state index in [2.05, 4.69) is 20.1 Å². The second kappa shape index (κ2) is 8.23. The molecule has 1 N–H and O–H groups in total. The number of aryl methyl sites for hydroxylation is 2. The molecule has 0 saturated carbocycles. The number of nitrogens with zero attached hydrogens (tertiary/aromatic N) is 4. The van der Waals surface area contributed by atoms with Gasteiger partial charge in [-0.1, -0.05) is 30.2 Å². The van der Waals surface area contributed by atoms with Gasteiger partial charge in [0.1, 0.15) is 11.4 Å². The lowest BCUT2D eigenvalue weighted by molar-refractivity contribution is -0.385. The second-order valence-corrected chi connectivity index (χ2v) is 7.74. The Kier molecular flexibility index (Phi) is 5.50. The largest absolute Gasteiger partial charge is 0.322 e. The van der Waals surface area contributed by atoms with Crippen LogP contribution in [0.25, 0.3) is 11.4 Å². The molecule has 0 radical (unpaired) electrons. The highest BCUT2D eigenvalue weighted by molar-refractivity contribution is 6.31. The van der Waals surface area contributed by atoms with Crippen LogP contribution in [0.15, 0.2) is 36.4 Å². The number of anilines is 1. The zero-order valence-electron chi connectivity index (χ0n) is 16.4. The van der Waals surface area contributed by atoms with E-state index in [1.807, 2.05) is 25.1 Å². The van der Waals surface area contributed by atoms with Crippen LogP contribution in [0, 0.1) is 17.0 Å². The number of hydrogen-bond donors (Lipinski definition) is 1. The third-order valence-corrected chi connectivity index (χ3v) is 5.49. The molecule has 0 unspecified atom stereocenters. The third kappa shape index (κ3) is 3.91. The first-order valence-corrected chi connectivity index (χ1v) is 10.1. The Hall–Kier alpha value is -3.26. The quantitative estimate of drug-likeness (QED) is 0.478. The van der Waals surface area contributed by atoms with Crippen LogP contribution in [0.4, 0.5) is 11.4 Å². The third-order valence-electron chi connectivity index (χ3n) is 5.25. The maximum Gasteiger partial charge on any atom is 0.283 e. The summed E-state index contributed by atoms with van der Waals surface area (Å²) in [7, 11) is 0. The number of nitro benzene ring substituents is 1. The van der Waals surface area contributed by atoms with E-state index in [4.69, 9.17) is 11.6 Å². The number of benzene rings is 2. The number of hydrogen-bond acceptors (Lipinski definition) is 5. The Labute approximate surface area is 178 Å². The molecule has 1 amide bonds. The van der Waals surface area contributed by atoms with Crippen LogP contribution in [0.3, 0.4) is 0 Å². The van der Waals surface area contributed by atoms with Crippen molar-refractivity contribution in [2.45, 2.75) is 39.2 Å².